The fraction of sp³-hybridized carbons (Fsp3) is 0.333. The van der Waals surface area contributed by atoms with Crippen molar-refractivity contribution in [1.29, 1.82) is 0 Å². The summed E-state index contributed by atoms with van der Waals surface area (Å²) in [4.78, 5) is 18.9. The van der Waals surface area contributed by atoms with E-state index in [1.165, 1.54) is 6.33 Å². The number of nitro groups is 1. The lowest BCUT2D eigenvalue weighted by atomic mass is 10.2. The average Bonchev–Trinajstić information content (AvgIpc) is 2.56. The van der Waals surface area contributed by atoms with E-state index in [0.29, 0.717) is 30.3 Å². The van der Waals surface area contributed by atoms with Gasteiger partial charge in [0.15, 0.2) is 0 Å². The van der Waals surface area contributed by atoms with Gasteiger partial charge in [0, 0.05) is 31.0 Å². The van der Waals surface area contributed by atoms with Crippen molar-refractivity contribution in [2.75, 3.05) is 30.9 Å². The highest BCUT2D eigenvalue weighted by Gasteiger charge is 2.23. The van der Waals surface area contributed by atoms with Gasteiger partial charge in [-0.05, 0) is 31.0 Å². The van der Waals surface area contributed by atoms with E-state index in [4.69, 9.17) is 16.3 Å². The fourth-order valence-electron chi connectivity index (χ4n) is 2.07. The first-order valence-corrected chi connectivity index (χ1v) is 7.66. The molecule has 0 spiro atoms. The molecule has 1 aromatic carbocycles. The quantitative estimate of drug-likeness (QED) is 0.426. The molecule has 24 heavy (non-hydrogen) atoms. The van der Waals surface area contributed by atoms with Crippen LogP contribution in [-0.4, -0.2) is 35.2 Å². The Morgan fingerprint density at radius 2 is 2.08 bits per heavy atom. The molecule has 0 aliphatic rings. The zero-order chi connectivity index (χ0) is 17.5. The second-order valence-corrected chi connectivity index (χ2v) is 5.39. The Balaban J connectivity index is 2.29. The Labute approximate surface area is 144 Å². The summed E-state index contributed by atoms with van der Waals surface area (Å²) >= 11 is 6.08. The lowest BCUT2D eigenvalue weighted by Gasteiger charge is -2.12. The van der Waals surface area contributed by atoms with Crippen LogP contribution in [0.3, 0.4) is 0 Å². The number of methoxy groups -OCH3 is 1. The van der Waals surface area contributed by atoms with Crippen molar-refractivity contribution in [3.8, 4) is 0 Å². The summed E-state index contributed by atoms with van der Waals surface area (Å²) in [5.41, 5.74) is 1.21. The number of anilines is 3. The predicted octanol–water partition coefficient (Wildman–Crippen LogP) is 3.54. The summed E-state index contributed by atoms with van der Waals surface area (Å²) in [6.07, 6.45) is 1.97. The van der Waals surface area contributed by atoms with Gasteiger partial charge < -0.3 is 15.4 Å². The van der Waals surface area contributed by atoms with Crippen molar-refractivity contribution < 1.29 is 9.66 Å². The Hall–Kier alpha value is -2.45. The molecule has 0 aliphatic heterocycles. The molecule has 2 rings (SSSR count). The molecule has 0 radical (unpaired) electrons. The number of hydrogen-bond donors (Lipinski definition) is 2. The molecule has 0 saturated heterocycles. The van der Waals surface area contributed by atoms with Crippen LogP contribution in [-0.2, 0) is 4.74 Å². The van der Waals surface area contributed by atoms with Gasteiger partial charge in [-0.2, -0.15) is 0 Å². The van der Waals surface area contributed by atoms with E-state index in [1.54, 1.807) is 25.3 Å². The van der Waals surface area contributed by atoms with Crippen LogP contribution >= 0.6 is 11.6 Å². The Kier molecular flexibility index (Phi) is 6.28. The molecule has 0 atom stereocenters. The van der Waals surface area contributed by atoms with E-state index < -0.39 is 4.92 Å². The minimum atomic E-state index is -0.513. The predicted molar refractivity (Wildman–Crippen MR) is 93.1 cm³/mol. The molecule has 0 fully saturated rings. The van der Waals surface area contributed by atoms with Crippen LogP contribution in [0.2, 0.25) is 5.02 Å². The van der Waals surface area contributed by atoms with Crippen LogP contribution in [0, 0.1) is 17.0 Å². The Bertz CT molecular complexity index is 726. The Morgan fingerprint density at radius 1 is 1.33 bits per heavy atom. The molecule has 1 heterocycles. The van der Waals surface area contributed by atoms with E-state index in [2.05, 4.69) is 20.6 Å². The minimum absolute atomic E-state index is 0.106. The number of halogens is 1. The third-order valence-electron chi connectivity index (χ3n) is 3.34. The van der Waals surface area contributed by atoms with Crippen molar-refractivity contribution in [2.24, 2.45) is 0 Å². The number of nitrogens with one attached hydrogen (secondary N) is 2. The van der Waals surface area contributed by atoms with E-state index >= 15 is 0 Å². The van der Waals surface area contributed by atoms with Crippen LogP contribution in [0.4, 0.5) is 23.0 Å². The van der Waals surface area contributed by atoms with E-state index in [0.717, 1.165) is 5.56 Å². The molecule has 2 aromatic rings. The maximum atomic E-state index is 11.5. The van der Waals surface area contributed by atoms with Gasteiger partial charge in [-0.3, -0.25) is 10.1 Å². The third-order valence-corrected chi connectivity index (χ3v) is 3.75. The summed E-state index contributed by atoms with van der Waals surface area (Å²) < 4.78 is 4.95. The first kappa shape index (κ1) is 17.9. The third kappa shape index (κ3) is 4.30. The summed E-state index contributed by atoms with van der Waals surface area (Å²) in [5, 5.41) is 17.9. The zero-order valence-corrected chi connectivity index (χ0v) is 14.1. The normalized spacial score (nSPS) is 10.5. The van der Waals surface area contributed by atoms with E-state index in [9.17, 15) is 10.1 Å². The maximum Gasteiger partial charge on any atom is 0.353 e. The first-order chi connectivity index (χ1) is 11.5. The van der Waals surface area contributed by atoms with Crippen LogP contribution in [0.15, 0.2) is 24.5 Å². The monoisotopic (exact) mass is 351 g/mol. The molecule has 0 aliphatic carbocycles. The molecule has 1 aromatic heterocycles. The second-order valence-electron chi connectivity index (χ2n) is 4.99. The van der Waals surface area contributed by atoms with Gasteiger partial charge in [0.25, 0.3) is 0 Å². The highest BCUT2D eigenvalue weighted by Crippen LogP contribution is 2.33. The molecule has 0 amide bonds. The van der Waals surface area contributed by atoms with Crippen LogP contribution in [0.5, 0.6) is 0 Å². The molecule has 9 heteroatoms. The van der Waals surface area contributed by atoms with Gasteiger partial charge in [0.2, 0.25) is 11.6 Å². The smallest absolute Gasteiger partial charge is 0.353 e. The summed E-state index contributed by atoms with van der Waals surface area (Å²) in [6.45, 7) is 2.88. The van der Waals surface area contributed by atoms with Crippen molar-refractivity contribution >= 4 is 34.6 Å². The molecule has 0 unspecified atom stereocenters. The standard InChI is InChI=1S/C15H18ClN5O3/c1-10-11(16)5-3-6-12(10)20-15-13(21(22)23)14(18-9-19-15)17-7-4-8-24-2/h3,5-6,9H,4,7-8H2,1-2H3,(H2,17,18,19,20). The summed E-state index contributed by atoms with van der Waals surface area (Å²) in [6, 6.07) is 5.28. The zero-order valence-electron chi connectivity index (χ0n) is 13.4. The van der Waals surface area contributed by atoms with Crippen molar-refractivity contribution in [3.63, 3.8) is 0 Å². The van der Waals surface area contributed by atoms with Gasteiger partial charge in [0.1, 0.15) is 6.33 Å². The van der Waals surface area contributed by atoms with Crippen molar-refractivity contribution in [1.82, 2.24) is 9.97 Å². The number of benzene rings is 1. The SMILES string of the molecule is COCCCNc1ncnc(Nc2cccc(Cl)c2C)c1[N+](=O)[O-]. The topological polar surface area (TPSA) is 102 Å². The van der Waals surface area contributed by atoms with Crippen LogP contribution in [0.1, 0.15) is 12.0 Å². The van der Waals surface area contributed by atoms with Gasteiger partial charge in [-0.25, -0.2) is 9.97 Å². The number of ether oxygens (including phenoxy) is 1. The van der Waals surface area contributed by atoms with Crippen molar-refractivity contribution in [3.05, 3.63) is 45.2 Å². The summed E-state index contributed by atoms with van der Waals surface area (Å²) in [5.74, 6) is 0.267. The first-order valence-electron chi connectivity index (χ1n) is 7.29. The summed E-state index contributed by atoms with van der Waals surface area (Å²) in [7, 11) is 1.60. The molecule has 0 saturated carbocycles. The number of nitrogens with zero attached hydrogens (tertiary/aromatic N) is 3. The second kappa shape index (κ2) is 8.42. The highest BCUT2D eigenvalue weighted by atomic mass is 35.5. The molecule has 0 bridgehead atoms. The van der Waals surface area contributed by atoms with Crippen LogP contribution in [0.25, 0.3) is 0 Å². The lowest BCUT2D eigenvalue weighted by Crippen LogP contribution is -2.10. The van der Waals surface area contributed by atoms with Crippen LogP contribution < -0.4 is 10.6 Å². The Morgan fingerprint density at radius 3 is 2.79 bits per heavy atom. The van der Waals surface area contributed by atoms with E-state index in [-0.39, 0.29) is 17.3 Å². The van der Waals surface area contributed by atoms with Gasteiger partial charge in [-0.1, -0.05) is 17.7 Å². The minimum Gasteiger partial charge on any atom is -0.385 e. The van der Waals surface area contributed by atoms with Gasteiger partial charge in [-0.15, -0.1) is 0 Å². The van der Waals surface area contributed by atoms with Crippen molar-refractivity contribution in [2.45, 2.75) is 13.3 Å². The van der Waals surface area contributed by atoms with Gasteiger partial charge >= 0.3 is 5.69 Å². The lowest BCUT2D eigenvalue weighted by molar-refractivity contribution is -0.383. The average molecular weight is 352 g/mol. The maximum absolute atomic E-state index is 11.5. The molecule has 8 nitrogen and oxygen atoms in total. The van der Waals surface area contributed by atoms with Gasteiger partial charge in [0.05, 0.1) is 4.92 Å². The fourth-order valence-corrected chi connectivity index (χ4v) is 2.24. The molecule has 2 N–H and O–H groups in total. The highest BCUT2D eigenvalue weighted by molar-refractivity contribution is 6.31. The number of hydrogen-bond acceptors (Lipinski definition) is 7. The number of aromatic nitrogens is 2. The number of rotatable bonds is 8. The largest absolute Gasteiger partial charge is 0.385 e. The molecular formula is C15H18ClN5O3. The van der Waals surface area contributed by atoms with E-state index in [1.807, 2.05) is 6.92 Å². The molecule has 128 valence electrons. The molecular weight excluding hydrogens is 334 g/mol.